The topological polar surface area (TPSA) is 70.7 Å². The molecule has 3 rings (SSSR count). The highest BCUT2D eigenvalue weighted by Crippen LogP contribution is 2.28. The highest BCUT2D eigenvalue weighted by molar-refractivity contribution is 6.06. The van der Waals surface area contributed by atoms with Crippen LogP contribution in [0.15, 0.2) is 48.5 Å². The lowest BCUT2D eigenvalue weighted by Crippen LogP contribution is -2.29. The molecule has 6 nitrogen and oxygen atoms in total. The van der Waals surface area contributed by atoms with Gasteiger partial charge in [-0.2, -0.15) is 0 Å². The second-order valence-corrected chi connectivity index (χ2v) is 7.05. The molecule has 1 aliphatic heterocycles. The number of nitrogens with one attached hydrogen (secondary N) is 2. The van der Waals surface area contributed by atoms with Gasteiger partial charge in [0.1, 0.15) is 0 Å². The van der Waals surface area contributed by atoms with Gasteiger partial charge in [0.25, 0.3) is 11.8 Å². The van der Waals surface area contributed by atoms with E-state index in [-0.39, 0.29) is 11.8 Å². The lowest BCUT2D eigenvalue weighted by atomic mass is 10.1. The molecule has 1 aliphatic rings. The number of rotatable bonds is 9. The van der Waals surface area contributed by atoms with Crippen molar-refractivity contribution < 1.29 is 14.3 Å². The van der Waals surface area contributed by atoms with Gasteiger partial charge >= 0.3 is 0 Å². The molecular weight excluding hydrogens is 366 g/mol. The van der Waals surface area contributed by atoms with Gasteiger partial charge in [-0.3, -0.25) is 9.59 Å². The molecule has 0 atom stereocenters. The highest BCUT2D eigenvalue weighted by Gasteiger charge is 2.20. The maximum absolute atomic E-state index is 12.9. The predicted octanol–water partition coefficient (Wildman–Crippen LogP) is 3.70. The molecule has 1 fully saturated rings. The van der Waals surface area contributed by atoms with Gasteiger partial charge in [0.05, 0.1) is 5.56 Å². The number of amides is 2. The fourth-order valence-electron chi connectivity index (χ4n) is 3.44. The fraction of sp³-hybridized carbons (Fsp3) is 0.391. The standard InChI is InChI=1S/C23H29N3O3/c1-2-29-16-8-13-24-23(28)20-17-19(11-12-21(20)26-14-6-7-15-26)25-22(27)18-9-4-3-5-10-18/h3-5,9-12,17H,2,6-8,13-16H2,1H3,(H,24,28)(H,25,27). The summed E-state index contributed by atoms with van der Waals surface area (Å²) in [5.74, 6) is -0.318. The van der Waals surface area contributed by atoms with Crippen molar-refractivity contribution in [3.63, 3.8) is 0 Å². The van der Waals surface area contributed by atoms with Gasteiger partial charge in [-0.15, -0.1) is 0 Å². The average Bonchev–Trinajstić information content (AvgIpc) is 3.29. The van der Waals surface area contributed by atoms with Gasteiger partial charge in [-0.25, -0.2) is 0 Å². The van der Waals surface area contributed by atoms with E-state index < -0.39 is 0 Å². The number of carbonyl (C=O) groups is 2. The number of hydrogen-bond acceptors (Lipinski definition) is 4. The minimum Gasteiger partial charge on any atom is -0.382 e. The molecule has 2 aromatic rings. The molecule has 0 aromatic heterocycles. The van der Waals surface area contributed by atoms with E-state index in [1.165, 1.54) is 0 Å². The van der Waals surface area contributed by atoms with Crippen LogP contribution in [-0.2, 0) is 4.74 Å². The number of hydrogen-bond donors (Lipinski definition) is 2. The molecule has 6 heteroatoms. The lowest BCUT2D eigenvalue weighted by molar-refractivity contribution is 0.0943. The second kappa shape index (κ2) is 10.6. The maximum atomic E-state index is 12.9. The first-order chi connectivity index (χ1) is 14.2. The molecule has 2 amide bonds. The van der Waals surface area contributed by atoms with Gasteiger partial charge < -0.3 is 20.3 Å². The normalized spacial score (nSPS) is 13.3. The third-order valence-electron chi connectivity index (χ3n) is 4.94. The van der Waals surface area contributed by atoms with Gasteiger partial charge in [0, 0.05) is 49.8 Å². The quantitative estimate of drug-likeness (QED) is 0.635. The van der Waals surface area contributed by atoms with Crippen LogP contribution < -0.4 is 15.5 Å². The van der Waals surface area contributed by atoms with Gasteiger partial charge in [0.15, 0.2) is 0 Å². The predicted molar refractivity (Wildman–Crippen MR) is 116 cm³/mol. The summed E-state index contributed by atoms with van der Waals surface area (Å²) in [7, 11) is 0. The van der Waals surface area contributed by atoms with E-state index in [9.17, 15) is 9.59 Å². The van der Waals surface area contributed by atoms with Crippen molar-refractivity contribution in [2.45, 2.75) is 26.2 Å². The van der Waals surface area contributed by atoms with Gasteiger partial charge in [-0.1, -0.05) is 18.2 Å². The molecule has 154 valence electrons. The second-order valence-electron chi connectivity index (χ2n) is 7.05. The Morgan fingerprint density at radius 1 is 1.03 bits per heavy atom. The van der Waals surface area contributed by atoms with Crippen LogP contribution in [0.4, 0.5) is 11.4 Å². The average molecular weight is 396 g/mol. The first kappa shape index (κ1) is 20.9. The molecule has 0 aliphatic carbocycles. The minimum atomic E-state index is -0.192. The Bertz CT molecular complexity index is 817. The van der Waals surface area contributed by atoms with E-state index in [0.717, 1.165) is 38.0 Å². The van der Waals surface area contributed by atoms with E-state index in [2.05, 4.69) is 15.5 Å². The first-order valence-electron chi connectivity index (χ1n) is 10.3. The van der Waals surface area contributed by atoms with Crippen LogP contribution in [0.5, 0.6) is 0 Å². The molecule has 0 bridgehead atoms. The van der Waals surface area contributed by atoms with E-state index in [1.54, 1.807) is 18.2 Å². The number of nitrogens with zero attached hydrogens (tertiary/aromatic N) is 1. The number of ether oxygens (including phenoxy) is 1. The third kappa shape index (κ3) is 5.81. The van der Waals surface area contributed by atoms with Crippen molar-refractivity contribution in [1.82, 2.24) is 5.32 Å². The maximum Gasteiger partial charge on any atom is 0.255 e. The van der Waals surface area contributed by atoms with Crippen LogP contribution in [0.25, 0.3) is 0 Å². The molecule has 0 saturated carbocycles. The Kier molecular flexibility index (Phi) is 7.64. The molecule has 1 heterocycles. The smallest absolute Gasteiger partial charge is 0.255 e. The van der Waals surface area contributed by atoms with E-state index in [0.29, 0.717) is 36.6 Å². The molecular formula is C23H29N3O3. The highest BCUT2D eigenvalue weighted by atomic mass is 16.5. The van der Waals surface area contributed by atoms with Crippen LogP contribution in [0, 0.1) is 0 Å². The first-order valence-corrected chi connectivity index (χ1v) is 10.3. The third-order valence-corrected chi connectivity index (χ3v) is 4.94. The Balaban J connectivity index is 1.74. The van der Waals surface area contributed by atoms with E-state index in [1.807, 2.05) is 37.3 Å². The molecule has 0 radical (unpaired) electrons. The largest absolute Gasteiger partial charge is 0.382 e. The van der Waals surface area contributed by atoms with Gasteiger partial charge in [0.2, 0.25) is 0 Å². The summed E-state index contributed by atoms with van der Waals surface area (Å²) in [6, 6.07) is 14.6. The zero-order chi connectivity index (χ0) is 20.5. The minimum absolute atomic E-state index is 0.126. The molecule has 2 N–H and O–H groups in total. The summed E-state index contributed by atoms with van der Waals surface area (Å²) in [6.07, 6.45) is 3.02. The van der Waals surface area contributed by atoms with Crippen LogP contribution >= 0.6 is 0 Å². The zero-order valence-electron chi connectivity index (χ0n) is 16.9. The Morgan fingerprint density at radius 3 is 2.52 bits per heavy atom. The monoisotopic (exact) mass is 395 g/mol. The molecule has 0 unspecified atom stereocenters. The zero-order valence-corrected chi connectivity index (χ0v) is 16.9. The summed E-state index contributed by atoms with van der Waals surface area (Å²) < 4.78 is 5.32. The summed E-state index contributed by atoms with van der Waals surface area (Å²) in [5.41, 5.74) is 2.70. The van der Waals surface area contributed by atoms with Crippen LogP contribution in [-0.4, -0.2) is 44.7 Å². The molecule has 0 spiro atoms. The lowest BCUT2D eigenvalue weighted by Gasteiger charge is -2.22. The van der Waals surface area contributed by atoms with Crippen molar-refractivity contribution in [2.24, 2.45) is 0 Å². The van der Waals surface area contributed by atoms with Crippen molar-refractivity contribution in [2.75, 3.05) is 43.1 Å². The van der Waals surface area contributed by atoms with Crippen molar-refractivity contribution >= 4 is 23.2 Å². The number of benzene rings is 2. The van der Waals surface area contributed by atoms with Crippen LogP contribution in [0.2, 0.25) is 0 Å². The molecule has 29 heavy (non-hydrogen) atoms. The Morgan fingerprint density at radius 2 is 1.79 bits per heavy atom. The fourth-order valence-corrected chi connectivity index (χ4v) is 3.44. The summed E-state index contributed by atoms with van der Waals surface area (Å²) >= 11 is 0. The van der Waals surface area contributed by atoms with Crippen molar-refractivity contribution in [1.29, 1.82) is 0 Å². The SMILES string of the molecule is CCOCCCNC(=O)c1cc(NC(=O)c2ccccc2)ccc1N1CCCC1. The van der Waals surface area contributed by atoms with Crippen LogP contribution in [0.3, 0.4) is 0 Å². The van der Waals surface area contributed by atoms with Gasteiger partial charge in [-0.05, 0) is 56.5 Å². The van der Waals surface area contributed by atoms with E-state index >= 15 is 0 Å². The Labute approximate surface area is 172 Å². The Hall–Kier alpha value is -2.86. The summed E-state index contributed by atoms with van der Waals surface area (Å²) in [4.78, 5) is 27.6. The van der Waals surface area contributed by atoms with Crippen LogP contribution in [0.1, 0.15) is 46.9 Å². The summed E-state index contributed by atoms with van der Waals surface area (Å²) in [5, 5.41) is 5.87. The number of carbonyl (C=O) groups excluding carboxylic acids is 2. The van der Waals surface area contributed by atoms with Crippen molar-refractivity contribution in [3.05, 3.63) is 59.7 Å². The number of anilines is 2. The van der Waals surface area contributed by atoms with Crippen molar-refractivity contribution in [3.8, 4) is 0 Å². The summed E-state index contributed by atoms with van der Waals surface area (Å²) in [6.45, 7) is 5.70. The van der Waals surface area contributed by atoms with E-state index in [4.69, 9.17) is 4.74 Å². The molecule has 1 saturated heterocycles. The molecule has 2 aromatic carbocycles.